The number of hydrogen-bond donors (Lipinski definition) is 1. The van der Waals surface area contributed by atoms with Crippen molar-refractivity contribution in [2.24, 2.45) is 0 Å². The molecule has 0 unspecified atom stereocenters. The third-order valence-electron chi connectivity index (χ3n) is 3.30. The van der Waals surface area contributed by atoms with Gasteiger partial charge in [0.2, 0.25) is 0 Å². The number of rotatable bonds is 4. The van der Waals surface area contributed by atoms with Crippen LogP contribution in [0.2, 0.25) is 5.02 Å². The summed E-state index contributed by atoms with van der Waals surface area (Å²) < 4.78 is 6.52. The number of hydrogen-bond acceptors (Lipinski definition) is 4. The molecule has 0 aliphatic heterocycles. The highest BCUT2D eigenvalue weighted by Crippen LogP contribution is 2.28. The first-order valence-electron chi connectivity index (χ1n) is 7.07. The van der Waals surface area contributed by atoms with Crippen LogP contribution in [0.3, 0.4) is 0 Å². The Morgan fingerprint density at radius 1 is 1.26 bits per heavy atom. The molecule has 0 aliphatic rings. The Labute approximate surface area is 143 Å². The number of nitrogens with one attached hydrogen (secondary N) is 1. The minimum atomic E-state index is -0.240. The Morgan fingerprint density at radius 3 is 2.91 bits per heavy atom. The number of carbonyl (C=O) groups is 1. The van der Waals surface area contributed by atoms with E-state index in [1.54, 1.807) is 6.07 Å². The van der Waals surface area contributed by atoms with Gasteiger partial charge in [0.25, 0.3) is 5.91 Å². The third-order valence-corrected chi connectivity index (χ3v) is 4.47. The number of thiazole rings is 1. The number of anilines is 1. The van der Waals surface area contributed by atoms with Crippen LogP contribution in [0.1, 0.15) is 11.1 Å². The molecular weight excluding hydrogens is 332 g/mol. The molecule has 3 aromatic rings. The van der Waals surface area contributed by atoms with Crippen LogP contribution >= 0.6 is 22.9 Å². The van der Waals surface area contributed by atoms with Gasteiger partial charge in [0.15, 0.2) is 11.7 Å². The highest BCUT2D eigenvalue weighted by atomic mass is 35.5. The molecule has 0 fully saturated rings. The maximum absolute atomic E-state index is 12.0. The summed E-state index contributed by atoms with van der Waals surface area (Å²) in [5.41, 5.74) is 2.90. The quantitative estimate of drug-likeness (QED) is 0.752. The van der Waals surface area contributed by atoms with E-state index >= 15 is 0 Å². The Morgan fingerprint density at radius 2 is 2.09 bits per heavy atom. The minimum Gasteiger partial charge on any atom is -0.483 e. The zero-order valence-electron chi connectivity index (χ0n) is 12.7. The van der Waals surface area contributed by atoms with E-state index in [9.17, 15) is 4.79 Å². The first-order valence-corrected chi connectivity index (χ1v) is 8.27. The number of aryl methyl sites for hydroxylation is 2. The molecule has 1 amide bonds. The lowest BCUT2D eigenvalue weighted by molar-refractivity contribution is -0.118. The predicted octanol–water partition coefficient (Wildman–Crippen LogP) is 4.58. The monoisotopic (exact) mass is 346 g/mol. The highest BCUT2D eigenvalue weighted by molar-refractivity contribution is 7.22. The lowest BCUT2D eigenvalue weighted by atomic mass is 10.1. The minimum absolute atomic E-state index is 0.0546. The number of benzene rings is 2. The van der Waals surface area contributed by atoms with Crippen LogP contribution in [0.4, 0.5) is 5.13 Å². The first kappa shape index (κ1) is 15.8. The molecule has 118 valence electrons. The predicted molar refractivity (Wildman–Crippen MR) is 94.7 cm³/mol. The van der Waals surface area contributed by atoms with Crippen molar-refractivity contribution in [3.05, 3.63) is 52.5 Å². The fourth-order valence-corrected chi connectivity index (χ4v) is 3.27. The van der Waals surface area contributed by atoms with Gasteiger partial charge in [-0.2, -0.15) is 0 Å². The van der Waals surface area contributed by atoms with Gasteiger partial charge in [-0.3, -0.25) is 10.1 Å². The Hall–Kier alpha value is -2.11. The van der Waals surface area contributed by atoms with E-state index in [0.717, 1.165) is 27.1 Å². The van der Waals surface area contributed by atoms with Crippen LogP contribution in [0.15, 0.2) is 36.4 Å². The van der Waals surface area contributed by atoms with Gasteiger partial charge in [-0.1, -0.05) is 35.1 Å². The van der Waals surface area contributed by atoms with Crippen molar-refractivity contribution in [2.75, 3.05) is 11.9 Å². The second kappa shape index (κ2) is 6.56. The van der Waals surface area contributed by atoms with Gasteiger partial charge < -0.3 is 4.74 Å². The van der Waals surface area contributed by atoms with Crippen LogP contribution in [-0.4, -0.2) is 17.5 Å². The van der Waals surface area contributed by atoms with Crippen LogP contribution in [0.25, 0.3) is 10.2 Å². The molecule has 6 heteroatoms. The van der Waals surface area contributed by atoms with Crippen molar-refractivity contribution in [1.82, 2.24) is 4.98 Å². The molecule has 0 bridgehead atoms. The smallest absolute Gasteiger partial charge is 0.264 e. The van der Waals surface area contributed by atoms with Crippen LogP contribution < -0.4 is 10.1 Å². The van der Waals surface area contributed by atoms with Gasteiger partial charge in [0.05, 0.1) is 10.2 Å². The molecule has 4 nitrogen and oxygen atoms in total. The topological polar surface area (TPSA) is 51.2 Å². The zero-order chi connectivity index (χ0) is 16.4. The van der Waals surface area contributed by atoms with Crippen molar-refractivity contribution in [1.29, 1.82) is 0 Å². The molecule has 2 aromatic carbocycles. The number of amides is 1. The van der Waals surface area contributed by atoms with Crippen molar-refractivity contribution in [3.8, 4) is 5.75 Å². The first-order chi connectivity index (χ1) is 11.0. The molecule has 3 rings (SSSR count). The summed E-state index contributed by atoms with van der Waals surface area (Å²) in [4.78, 5) is 16.4. The fraction of sp³-hybridized carbons (Fsp3) is 0.176. The van der Waals surface area contributed by atoms with Crippen molar-refractivity contribution >= 4 is 44.2 Å². The third kappa shape index (κ3) is 3.81. The van der Waals surface area contributed by atoms with Crippen molar-refractivity contribution < 1.29 is 9.53 Å². The second-order valence-corrected chi connectivity index (χ2v) is 6.70. The average Bonchev–Trinajstić information content (AvgIpc) is 2.89. The molecular formula is C17H15ClN2O2S. The number of nitrogens with zero attached hydrogens (tertiary/aromatic N) is 1. The number of ether oxygens (including phenoxy) is 1. The standard InChI is InChI=1S/C17H15ClN2O2S/c1-10-3-4-11(2)14(7-10)22-9-16(21)20-17-19-13-6-5-12(18)8-15(13)23-17/h3-8H,9H2,1-2H3,(H,19,20,21). The zero-order valence-corrected chi connectivity index (χ0v) is 14.3. The lowest BCUT2D eigenvalue weighted by Crippen LogP contribution is -2.20. The van der Waals surface area contributed by atoms with E-state index < -0.39 is 0 Å². The number of fused-ring (bicyclic) bond motifs is 1. The SMILES string of the molecule is Cc1ccc(C)c(OCC(=O)Nc2nc3ccc(Cl)cc3s2)c1. The molecule has 0 atom stereocenters. The number of halogens is 1. The van der Waals surface area contributed by atoms with E-state index in [0.29, 0.717) is 10.2 Å². The molecule has 1 heterocycles. The molecule has 1 N–H and O–H groups in total. The summed E-state index contributed by atoms with van der Waals surface area (Å²) in [5.74, 6) is 0.479. The van der Waals surface area contributed by atoms with E-state index in [1.165, 1.54) is 11.3 Å². The van der Waals surface area contributed by atoms with Crippen molar-refractivity contribution in [2.45, 2.75) is 13.8 Å². The number of carbonyl (C=O) groups excluding carboxylic acids is 1. The molecule has 0 aliphatic carbocycles. The van der Waals surface area contributed by atoms with Gasteiger partial charge in [-0.15, -0.1) is 0 Å². The van der Waals surface area contributed by atoms with Gasteiger partial charge >= 0.3 is 0 Å². The lowest BCUT2D eigenvalue weighted by Gasteiger charge is -2.09. The van der Waals surface area contributed by atoms with Gasteiger partial charge in [0, 0.05) is 5.02 Å². The van der Waals surface area contributed by atoms with Crippen LogP contribution in [-0.2, 0) is 4.79 Å². The largest absolute Gasteiger partial charge is 0.483 e. The molecule has 0 saturated carbocycles. The van der Waals surface area contributed by atoms with Gasteiger partial charge in [0.1, 0.15) is 5.75 Å². The van der Waals surface area contributed by atoms with E-state index in [2.05, 4.69) is 10.3 Å². The number of aromatic nitrogens is 1. The summed E-state index contributed by atoms with van der Waals surface area (Å²) >= 11 is 7.33. The second-order valence-electron chi connectivity index (χ2n) is 5.24. The highest BCUT2D eigenvalue weighted by Gasteiger charge is 2.10. The van der Waals surface area contributed by atoms with Crippen LogP contribution in [0, 0.1) is 13.8 Å². The van der Waals surface area contributed by atoms with Gasteiger partial charge in [-0.25, -0.2) is 4.98 Å². The van der Waals surface area contributed by atoms with Gasteiger partial charge in [-0.05, 0) is 49.2 Å². The molecule has 0 radical (unpaired) electrons. The van der Waals surface area contributed by atoms with E-state index in [-0.39, 0.29) is 12.5 Å². The molecule has 0 spiro atoms. The summed E-state index contributed by atoms with van der Waals surface area (Å²) in [6, 6.07) is 11.3. The normalized spacial score (nSPS) is 10.7. The maximum atomic E-state index is 12.0. The van der Waals surface area contributed by atoms with Crippen LogP contribution in [0.5, 0.6) is 5.75 Å². The summed E-state index contributed by atoms with van der Waals surface area (Å²) in [6.45, 7) is 3.88. The van der Waals surface area contributed by atoms with E-state index in [4.69, 9.17) is 16.3 Å². The van der Waals surface area contributed by atoms with E-state index in [1.807, 2.05) is 44.2 Å². The summed E-state index contributed by atoms with van der Waals surface area (Å²) in [7, 11) is 0. The average molecular weight is 347 g/mol. The molecule has 23 heavy (non-hydrogen) atoms. The fourth-order valence-electron chi connectivity index (χ4n) is 2.11. The Balaban J connectivity index is 1.65. The molecule has 0 saturated heterocycles. The summed E-state index contributed by atoms with van der Waals surface area (Å²) in [5, 5.41) is 3.94. The maximum Gasteiger partial charge on any atom is 0.264 e. The molecule has 1 aromatic heterocycles. The Kier molecular flexibility index (Phi) is 4.50. The Bertz CT molecular complexity index is 876. The summed E-state index contributed by atoms with van der Waals surface area (Å²) in [6.07, 6.45) is 0. The van der Waals surface area contributed by atoms with Crippen molar-refractivity contribution in [3.63, 3.8) is 0 Å².